The first-order valence-electron chi connectivity index (χ1n) is 10.3. The minimum atomic E-state index is 0.0569. The predicted octanol–water partition coefficient (Wildman–Crippen LogP) is 6.75. The Labute approximate surface area is 173 Å². The quantitative estimate of drug-likeness (QED) is 0.391. The third-order valence-corrected chi connectivity index (χ3v) is 4.78. The maximum Gasteiger partial charge on any atom is 0.181 e. The largest absolute Gasteiger partial charge is 0.457 e. The number of rotatable bonds is 10. The molecular formula is C26H29NO2. The molecule has 1 N–H and O–H groups in total. The zero-order valence-corrected chi connectivity index (χ0v) is 17.2. The molecule has 0 heterocycles. The van der Waals surface area contributed by atoms with Gasteiger partial charge in [0.05, 0.1) is 6.54 Å². The van der Waals surface area contributed by atoms with Crippen molar-refractivity contribution in [3.05, 3.63) is 90.0 Å². The van der Waals surface area contributed by atoms with E-state index in [1.807, 2.05) is 66.7 Å². The second kappa shape index (κ2) is 10.5. The first kappa shape index (κ1) is 20.7. The van der Waals surface area contributed by atoms with Crippen molar-refractivity contribution < 1.29 is 9.53 Å². The molecule has 0 saturated heterocycles. The van der Waals surface area contributed by atoms with Gasteiger partial charge in [0.25, 0.3) is 0 Å². The van der Waals surface area contributed by atoms with Gasteiger partial charge in [0.15, 0.2) is 5.78 Å². The van der Waals surface area contributed by atoms with E-state index in [9.17, 15) is 4.79 Å². The van der Waals surface area contributed by atoms with E-state index in [0.717, 1.165) is 29.5 Å². The fraction of sp³-hybridized carbons (Fsp3) is 0.269. The van der Waals surface area contributed by atoms with Crippen molar-refractivity contribution in [1.29, 1.82) is 0 Å². The molecule has 0 radical (unpaired) electrons. The van der Waals surface area contributed by atoms with Gasteiger partial charge < -0.3 is 10.1 Å². The normalized spacial score (nSPS) is 10.7. The number of hydrogen-bond donors (Lipinski definition) is 1. The summed E-state index contributed by atoms with van der Waals surface area (Å²) >= 11 is 0. The van der Waals surface area contributed by atoms with Crippen LogP contribution in [0.2, 0.25) is 0 Å². The Morgan fingerprint density at radius 1 is 0.897 bits per heavy atom. The lowest BCUT2D eigenvalue weighted by Crippen LogP contribution is -2.14. The predicted molar refractivity (Wildman–Crippen MR) is 120 cm³/mol. The molecule has 150 valence electrons. The van der Waals surface area contributed by atoms with Crippen molar-refractivity contribution in [3.63, 3.8) is 0 Å². The highest BCUT2D eigenvalue weighted by Gasteiger charge is 2.07. The van der Waals surface area contributed by atoms with E-state index in [-0.39, 0.29) is 12.3 Å². The fourth-order valence-electron chi connectivity index (χ4n) is 3.17. The van der Waals surface area contributed by atoms with Crippen LogP contribution in [0.25, 0.3) is 0 Å². The van der Waals surface area contributed by atoms with Crippen LogP contribution in [-0.2, 0) is 6.42 Å². The first-order valence-corrected chi connectivity index (χ1v) is 10.3. The topological polar surface area (TPSA) is 38.3 Å². The highest BCUT2D eigenvalue weighted by Crippen LogP contribution is 2.21. The summed E-state index contributed by atoms with van der Waals surface area (Å²) in [7, 11) is 0. The van der Waals surface area contributed by atoms with Gasteiger partial charge in [-0.15, -0.1) is 0 Å². The lowest BCUT2D eigenvalue weighted by atomic mass is 10.0. The van der Waals surface area contributed by atoms with Gasteiger partial charge in [-0.2, -0.15) is 0 Å². The summed E-state index contributed by atoms with van der Waals surface area (Å²) in [5, 5.41) is 3.26. The minimum absolute atomic E-state index is 0.0569. The van der Waals surface area contributed by atoms with Gasteiger partial charge in [-0.05, 0) is 72.9 Å². The van der Waals surface area contributed by atoms with Crippen LogP contribution in [0, 0.1) is 5.92 Å². The van der Waals surface area contributed by atoms with Crippen molar-refractivity contribution in [2.75, 3.05) is 11.9 Å². The number of Topliss-reactive ketones (excluding diaryl/α,β-unsaturated/α-hetero) is 1. The van der Waals surface area contributed by atoms with E-state index in [2.05, 4.69) is 31.3 Å². The molecule has 3 nitrogen and oxygen atoms in total. The highest BCUT2D eigenvalue weighted by atomic mass is 16.5. The summed E-state index contributed by atoms with van der Waals surface area (Å²) in [5.74, 6) is 2.29. The number of anilines is 1. The Balaban J connectivity index is 1.51. The number of nitrogens with one attached hydrogen (secondary N) is 1. The van der Waals surface area contributed by atoms with E-state index in [1.165, 1.54) is 18.4 Å². The van der Waals surface area contributed by atoms with Gasteiger partial charge in [0.1, 0.15) is 11.5 Å². The number of para-hydroxylation sites is 1. The molecular weight excluding hydrogens is 358 g/mol. The van der Waals surface area contributed by atoms with E-state index in [4.69, 9.17) is 4.74 Å². The van der Waals surface area contributed by atoms with Crippen LogP contribution in [0.3, 0.4) is 0 Å². The second-order valence-electron chi connectivity index (χ2n) is 7.70. The zero-order chi connectivity index (χ0) is 20.5. The van der Waals surface area contributed by atoms with Crippen molar-refractivity contribution in [2.24, 2.45) is 5.92 Å². The van der Waals surface area contributed by atoms with Gasteiger partial charge in [0.2, 0.25) is 0 Å². The van der Waals surface area contributed by atoms with E-state index in [0.29, 0.717) is 5.56 Å². The summed E-state index contributed by atoms with van der Waals surface area (Å²) in [4.78, 5) is 12.5. The smallest absolute Gasteiger partial charge is 0.181 e. The SMILES string of the molecule is CC(C)CCCc1cccc(NCC(=O)c2ccc(Oc3ccccc3)cc2)c1. The highest BCUT2D eigenvalue weighted by molar-refractivity contribution is 5.99. The number of carbonyl (C=O) groups is 1. The number of benzene rings is 3. The molecule has 0 aliphatic carbocycles. The van der Waals surface area contributed by atoms with Gasteiger partial charge in [0, 0.05) is 11.3 Å². The maximum absolute atomic E-state index is 12.5. The van der Waals surface area contributed by atoms with Crippen LogP contribution in [0.4, 0.5) is 5.69 Å². The van der Waals surface area contributed by atoms with Crippen LogP contribution in [0.5, 0.6) is 11.5 Å². The molecule has 0 saturated carbocycles. The maximum atomic E-state index is 12.5. The molecule has 0 amide bonds. The van der Waals surface area contributed by atoms with Crippen LogP contribution in [0.15, 0.2) is 78.9 Å². The van der Waals surface area contributed by atoms with E-state index < -0.39 is 0 Å². The average molecular weight is 388 g/mol. The number of ketones is 1. The average Bonchev–Trinajstić information content (AvgIpc) is 2.73. The standard InChI is InChI=1S/C26H29NO2/c1-20(2)8-6-9-21-10-7-11-23(18-21)27-19-26(28)22-14-16-25(17-15-22)29-24-12-4-3-5-13-24/h3-5,7,10-18,20,27H,6,8-9,19H2,1-2H3. The Bertz CT molecular complexity index is 902. The van der Waals surface area contributed by atoms with Crippen LogP contribution in [0.1, 0.15) is 42.6 Å². The van der Waals surface area contributed by atoms with E-state index >= 15 is 0 Å². The number of hydrogen-bond acceptors (Lipinski definition) is 3. The molecule has 3 rings (SSSR count). The Hall–Kier alpha value is -3.07. The van der Waals surface area contributed by atoms with Crippen molar-refractivity contribution in [1.82, 2.24) is 0 Å². The number of ether oxygens (including phenoxy) is 1. The van der Waals surface area contributed by atoms with Gasteiger partial charge in [-0.1, -0.05) is 50.6 Å². The van der Waals surface area contributed by atoms with Crippen LogP contribution in [-0.4, -0.2) is 12.3 Å². The Kier molecular flexibility index (Phi) is 7.46. The summed E-state index contributed by atoms with van der Waals surface area (Å²) in [6.45, 7) is 4.78. The first-order chi connectivity index (χ1) is 14.1. The van der Waals surface area contributed by atoms with Crippen molar-refractivity contribution >= 4 is 11.5 Å². The van der Waals surface area contributed by atoms with Crippen LogP contribution < -0.4 is 10.1 Å². The Morgan fingerprint density at radius 3 is 2.34 bits per heavy atom. The molecule has 0 unspecified atom stereocenters. The minimum Gasteiger partial charge on any atom is -0.457 e. The number of carbonyl (C=O) groups excluding carboxylic acids is 1. The molecule has 0 aliphatic heterocycles. The number of aryl methyl sites for hydroxylation is 1. The van der Waals surface area contributed by atoms with E-state index in [1.54, 1.807) is 0 Å². The molecule has 0 aromatic heterocycles. The lowest BCUT2D eigenvalue weighted by molar-refractivity contribution is 0.101. The summed E-state index contributed by atoms with van der Waals surface area (Å²) in [6, 6.07) is 25.2. The van der Waals surface area contributed by atoms with Crippen LogP contribution >= 0.6 is 0 Å². The van der Waals surface area contributed by atoms with Gasteiger partial charge >= 0.3 is 0 Å². The fourth-order valence-corrected chi connectivity index (χ4v) is 3.17. The second-order valence-corrected chi connectivity index (χ2v) is 7.70. The van der Waals surface area contributed by atoms with Crippen molar-refractivity contribution in [2.45, 2.75) is 33.1 Å². The van der Waals surface area contributed by atoms with Gasteiger partial charge in [-0.3, -0.25) is 4.79 Å². The van der Waals surface area contributed by atoms with Crippen molar-refractivity contribution in [3.8, 4) is 11.5 Å². The monoisotopic (exact) mass is 387 g/mol. The molecule has 0 fully saturated rings. The summed E-state index contributed by atoms with van der Waals surface area (Å²) in [6.07, 6.45) is 3.50. The van der Waals surface area contributed by atoms with Gasteiger partial charge in [-0.25, -0.2) is 0 Å². The molecule has 3 aromatic carbocycles. The molecule has 29 heavy (non-hydrogen) atoms. The summed E-state index contributed by atoms with van der Waals surface area (Å²) < 4.78 is 5.78. The zero-order valence-electron chi connectivity index (χ0n) is 17.2. The molecule has 3 aromatic rings. The molecule has 0 aliphatic rings. The molecule has 0 spiro atoms. The molecule has 3 heteroatoms. The molecule has 0 atom stereocenters. The summed E-state index contributed by atoms with van der Waals surface area (Å²) in [5.41, 5.74) is 2.97. The Morgan fingerprint density at radius 2 is 1.62 bits per heavy atom. The molecule has 0 bridgehead atoms. The third-order valence-electron chi connectivity index (χ3n) is 4.78. The third kappa shape index (κ3) is 6.79. The lowest BCUT2D eigenvalue weighted by Gasteiger charge is -2.10.